The van der Waals surface area contributed by atoms with Crippen molar-refractivity contribution in [2.24, 2.45) is 0 Å². The van der Waals surface area contributed by atoms with E-state index in [9.17, 15) is 9.90 Å². The summed E-state index contributed by atoms with van der Waals surface area (Å²) in [6, 6.07) is 8.07. The monoisotopic (exact) mass is 501 g/mol. The molecular weight excluding hydrogens is 481 g/mol. The fraction of sp³-hybridized carbons (Fsp3) is 0.381. The molecule has 1 aliphatic heterocycles. The van der Waals surface area contributed by atoms with Crippen molar-refractivity contribution in [2.75, 3.05) is 20.8 Å². The van der Waals surface area contributed by atoms with Crippen LogP contribution < -0.4 is 9.47 Å². The largest absolute Gasteiger partial charge is 0.493 e. The second kappa shape index (κ2) is 9.56. The van der Waals surface area contributed by atoms with Gasteiger partial charge in [-0.05, 0) is 48.7 Å². The molecule has 0 aliphatic carbocycles. The van der Waals surface area contributed by atoms with Gasteiger partial charge in [0, 0.05) is 4.47 Å². The summed E-state index contributed by atoms with van der Waals surface area (Å²) in [6.07, 6.45) is 2.36. The van der Waals surface area contributed by atoms with E-state index in [4.69, 9.17) is 32.7 Å². The molecule has 0 radical (unpaired) electrons. The van der Waals surface area contributed by atoms with Crippen molar-refractivity contribution >= 4 is 45.1 Å². The number of hydrogen-bond acceptors (Lipinski definition) is 4. The molecule has 1 fully saturated rings. The van der Waals surface area contributed by atoms with Crippen LogP contribution in [-0.2, 0) is 4.79 Å². The molecule has 2 aromatic rings. The molecule has 8 heteroatoms. The number of carboxylic acids is 1. The highest BCUT2D eigenvalue weighted by Gasteiger charge is 2.37. The van der Waals surface area contributed by atoms with Crippen molar-refractivity contribution in [3.05, 3.63) is 56.0 Å². The summed E-state index contributed by atoms with van der Waals surface area (Å²) < 4.78 is 11.7. The maximum absolute atomic E-state index is 12.0. The van der Waals surface area contributed by atoms with Gasteiger partial charge in [-0.15, -0.1) is 0 Å². The summed E-state index contributed by atoms with van der Waals surface area (Å²) in [5.74, 6) is 0.287. The summed E-state index contributed by atoms with van der Waals surface area (Å²) in [4.78, 5) is 14.0. The third-order valence-corrected chi connectivity index (χ3v) is 6.75. The molecule has 3 rings (SSSR count). The number of halogens is 3. The molecule has 2 unspecified atom stereocenters. The lowest BCUT2D eigenvalue weighted by molar-refractivity contribution is -0.145. The van der Waals surface area contributed by atoms with Gasteiger partial charge in [-0.25, -0.2) is 0 Å². The molecule has 0 aromatic heterocycles. The van der Waals surface area contributed by atoms with Crippen LogP contribution in [0.15, 0.2) is 34.8 Å². The Morgan fingerprint density at radius 2 is 1.86 bits per heavy atom. The van der Waals surface area contributed by atoms with Gasteiger partial charge in [0.2, 0.25) is 0 Å². The lowest BCUT2D eigenvalue weighted by atomic mass is 9.91. The third kappa shape index (κ3) is 4.50. The first-order chi connectivity index (χ1) is 13.9. The number of hydrogen-bond donors (Lipinski definition) is 1. The standard InChI is InChI=1S/C21H22BrCl2NO4/c1-28-17-10-13(14(22)11-18(17)29-2)20(12-6-5-7-15(23)19(12)24)25-9-4-3-8-16(25)21(26)27/h5-7,10-11,16,20H,3-4,8-9H2,1-2H3,(H,26,27). The maximum Gasteiger partial charge on any atom is 0.320 e. The van der Waals surface area contributed by atoms with Crippen molar-refractivity contribution in [2.45, 2.75) is 31.3 Å². The van der Waals surface area contributed by atoms with Gasteiger partial charge in [0.25, 0.3) is 0 Å². The molecular formula is C21H22BrCl2NO4. The predicted octanol–water partition coefficient (Wildman–Crippen LogP) is 5.80. The van der Waals surface area contributed by atoms with Crippen LogP contribution in [0.1, 0.15) is 36.4 Å². The summed E-state index contributed by atoms with van der Waals surface area (Å²) >= 11 is 16.5. The molecule has 2 atom stereocenters. The number of rotatable bonds is 6. The predicted molar refractivity (Wildman–Crippen MR) is 118 cm³/mol. The van der Waals surface area contributed by atoms with E-state index in [1.807, 2.05) is 29.2 Å². The van der Waals surface area contributed by atoms with Gasteiger partial charge in [0.15, 0.2) is 11.5 Å². The highest BCUT2D eigenvalue weighted by atomic mass is 79.9. The molecule has 0 bridgehead atoms. The average Bonchev–Trinajstić information content (AvgIpc) is 2.72. The summed E-state index contributed by atoms with van der Waals surface area (Å²) in [5, 5.41) is 10.7. The molecule has 156 valence electrons. The highest BCUT2D eigenvalue weighted by molar-refractivity contribution is 9.10. The van der Waals surface area contributed by atoms with E-state index in [2.05, 4.69) is 15.9 Å². The van der Waals surface area contributed by atoms with E-state index in [1.54, 1.807) is 20.3 Å². The van der Waals surface area contributed by atoms with Crippen LogP contribution in [0.5, 0.6) is 11.5 Å². The van der Waals surface area contributed by atoms with E-state index in [1.165, 1.54) is 0 Å². The number of nitrogens with zero attached hydrogens (tertiary/aromatic N) is 1. The number of methoxy groups -OCH3 is 2. The van der Waals surface area contributed by atoms with Crippen LogP contribution in [0.4, 0.5) is 0 Å². The van der Waals surface area contributed by atoms with Crippen LogP contribution in [0.2, 0.25) is 10.0 Å². The zero-order valence-corrected chi connectivity index (χ0v) is 19.2. The molecule has 1 N–H and O–H groups in total. The number of carbonyl (C=O) groups is 1. The second-order valence-corrected chi connectivity index (χ2v) is 8.50. The van der Waals surface area contributed by atoms with Gasteiger partial charge in [0.1, 0.15) is 6.04 Å². The second-order valence-electron chi connectivity index (χ2n) is 6.86. The number of piperidine rings is 1. The molecule has 2 aromatic carbocycles. The molecule has 1 aliphatic rings. The fourth-order valence-corrected chi connectivity index (χ4v) is 4.81. The Bertz CT molecular complexity index is 908. The minimum Gasteiger partial charge on any atom is -0.493 e. The van der Waals surface area contributed by atoms with E-state index < -0.39 is 18.1 Å². The van der Waals surface area contributed by atoms with E-state index >= 15 is 0 Å². The molecule has 1 heterocycles. The third-order valence-electron chi connectivity index (χ3n) is 5.23. The summed E-state index contributed by atoms with van der Waals surface area (Å²) in [5.41, 5.74) is 1.58. The molecule has 0 saturated carbocycles. The number of aliphatic carboxylic acids is 1. The minimum absolute atomic E-state index is 0.413. The van der Waals surface area contributed by atoms with Crippen molar-refractivity contribution in [1.82, 2.24) is 4.90 Å². The van der Waals surface area contributed by atoms with Gasteiger partial charge in [-0.2, -0.15) is 0 Å². The summed E-state index contributed by atoms with van der Waals surface area (Å²) in [6.45, 7) is 0.630. The van der Waals surface area contributed by atoms with Crippen LogP contribution >= 0.6 is 39.1 Å². The number of benzene rings is 2. The van der Waals surface area contributed by atoms with Crippen LogP contribution in [0, 0.1) is 0 Å². The number of ether oxygens (including phenoxy) is 2. The van der Waals surface area contributed by atoms with Crippen LogP contribution in [-0.4, -0.2) is 42.8 Å². The quantitative estimate of drug-likeness (QED) is 0.540. The van der Waals surface area contributed by atoms with E-state index in [-0.39, 0.29) is 0 Å². The zero-order chi connectivity index (χ0) is 21.1. The SMILES string of the molecule is COc1cc(Br)c(C(c2cccc(Cl)c2Cl)N2CCCCC2C(=O)O)cc1OC. The van der Waals surface area contributed by atoms with Crippen LogP contribution in [0.3, 0.4) is 0 Å². The Hall–Kier alpha value is -1.47. The number of carboxylic acid groups (broad SMARTS) is 1. The lowest BCUT2D eigenvalue weighted by Crippen LogP contribution is -2.47. The van der Waals surface area contributed by atoms with Gasteiger partial charge in [0.05, 0.1) is 30.3 Å². The van der Waals surface area contributed by atoms with E-state index in [0.717, 1.165) is 28.4 Å². The van der Waals surface area contributed by atoms with Crippen molar-refractivity contribution in [1.29, 1.82) is 0 Å². The molecule has 0 spiro atoms. The smallest absolute Gasteiger partial charge is 0.320 e. The fourth-order valence-electron chi connectivity index (χ4n) is 3.86. The molecule has 29 heavy (non-hydrogen) atoms. The Morgan fingerprint density at radius 3 is 2.52 bits per heavy atom. The number of likely N-dealkylation sites (tertiary alicyclic amines) is 1. The van der Waals surface area contributed by atoms with Crippen molar-refractivity contribution in [3.63, 3.8) is 0 Å². The van der Waals surface area contributed by atoms with Crippen LogP contribution in [0.25, 0.3) is 0 Å². The highest BCUT2D eigenvalue weighted by Crippen LogP contribution is 2.45. The topological polar surface area (TPSA) is 59.0 Å². The first-order valence-corrected chi connectivity index (χ1v) is 10.8. The Kier molecular flexibility index (Phi) is 7.32. The molecule has 5 nitrogen and oxygen atoms in total. The molecule has 1 saturated heterocycles. The van der Waals surface area contributed by atoms with Gasteiger partial charge >= 0.3 is 5.97 Å². The summed E-state index contributed by atoms with van der Waals surface area (Å²) in [7, 11) is 3.14. The normalized spacial score (nSPS) is 18.3. The first kappa shape index (κ1) is 22.2. The van der Waals surface area contributed by atoms with Crippen molar-refractivity contribution < 1.29 is 19.4 Å². The Balaban J connectivity index is 2.24. The van der Waals surface area contributed by atoms with Gasteiger partial charge < -0.3 is 14.6 Å². The van der Waals surface area contributed by atoms with E-state index in [0.29, 0.717) is 34.5 Å². The maximum atomic E-state index is 12.0. The Morgan fingerprint density at radius 1 is 1.17 bits per heavy atom. The minimum atomic E-state index is -0.843. The zero-order valence-electron chi connectivity index (χ0n) is 16.1. The Labute approximate surface area is 188 Å². The lowest BCUT2D eigenvalue weighted by Gasteiger charge is -2.40. The van der Waals surface area contributed by atoms with Gasteiger partial charge in [-0.1, -0.05) is 57.7 Å². The van der Waals surface area contributed by atoms with Gasteiger partial charge in [-0.3, -0.25) is 9.69 Å². The molecule has 0 amide bonds. The first-order valence-electron chi connectivity index (χ1n) is 9.23. The average molecular weight is 503 g/mol. The van der Waals surface area contributed by atoms with Crippen molar-refractivity contribution in [3.8, 4) is 11.5 Å².